The molecule has 282 valence electrons. The van der Waals surface area contributed by atoms with Gasteiger partial charge in [-0.2, -0.15) is 25.3 Å². The summed E-state index contributed by atoms with van der Waals surface area (Å²) in [6.45, 7) is 20.1. The van der Waals surface area contributed by atoms with Crippen molar-refractivity contribution in [3.8, 4) is 0 Å². The Balaban J connectivity index is 0.000000349. The Morgan fingerprint density at radius 1 is 0.373 bits per heavy atom. The van der Waals surface area contributed by atoms with Crippen molar-refractivity contribution >= 4 is 98.1 Å². The highest BCUT2D eigenvalue weighted by Crippen LogP contribution is 2.25. The lowest BCUT2D eigenvalue weighted by molar-refractivity contribution is 0.478. The molecule has 15 heteroatoms. The van der Waals surface area contributed by atoms with E-state index in [1.54, 1.807) is 0 Å². The number of rotatable bonds is 3. The highest BCUT2D eigenvalue weighted by molar-refractivity contribution is 14.1. The number of hydrogen-bond acceptors (Lipinski definition) is 6. The van der Waals surface area contributed by atoms with Gasteiger partial charge in [-0.1, -0.05) is 98.7 Å². The minimum absolute atomic E-state index is 0.282. The summed E-state index contributed by atoms with van der Waals surface area (Å²) in [4.78, 5) is -3.32. The average Bonchev–Trinajstić information content (AvgIpc) is 2.96. The second-order valence-electron chi connectivity index (χ2n) is 14.3. The molecule has 0 aliphatic rings. The van der Waals surface area contributed by atoms with Crippen LogP contribution in [-0.4, -0.2) is 38.9 Å². The molecule has 3 N–H and O–H groups in total. The predicted molar refractivity (Wildman–Crippen MR) is 229 cm³/mol. The monoisotopic (exact) mass is 1100 g/mol. The third kappa shape index (κ3) is 18.1. The van der Waals surface area contributed by atoms with E-state index in [0.717, 1.165) is 0 Å². The third-order valence-corrected chi connectivity index (χ3v) is 11.5. The second-order valence-corrected chi connectivity index (χ2v) is 22.3. The summed E-state index contributed by atoms with van der Waals surface area (Å²) in [5, 5.41) is 0. The number of halogens is 3. The van der Waals surface area contributed by atoms with E-state index in [2.05, 4.69) is 203 Å². The Labute approximate surface area is 345 Å². The quantitative estimate of drug-likeness (QED) is 0.134. The molecule has 0 aromatic heterocycles. The van der Waals surface area contributed by atoms with Crippen LogP contribution < -0.4 is 0 Å². The maximum absolute atomic E-state index is 10.8. The van der Waals surface area contributed by atoms with Gasteiger partial charge < -0.3 is 0 Å². The highest BCUT2D eigenvalue weighted by Gasteiger charge is 2.22. The SMILES string of the molecule is CC(C)(C)c1ccc(I)cc1.CC(C)(C)c1ccc(I)cc1.CC(C)(C)c1ccc(I)cc1.O=S(=O)(O)c1cc(S(=O)(=O)O)cc(S(=O)(=O)O)c1. The van der Waals surface area contributed by atoms with E-state index in [0.29, 0.717) is 18.2 Å². The molecule has 0 bridgehead atoms. The Kier molecular flexibility index (Phi) is 17.7. The normalized spacial score (nSPS) is 12.3. The zero-order valence-electron chi connectivity index (χ0n) is 29.8. The van der Waals surface area contributed by atoms with E-state index in [-0.39, 0.29) is 16.2 Å². The fraction of sp³-hybridized carbons (Fsp3) is 0.333. The van der Waals surface area contributed by atoms with Crippen LogP contribution in [0.4, 0.5) is 0 Å². The van der Waals surface area contributed by atoms with Gasteiger partial charge in [-0.15, -0.1) is 0 Å². The van der Waals surface area contributed by atoms with Gasteiger partial charge in [0.25, 0.3) is 30.4 Å². The maximum atomic E-state index is 10.8. The summed E-state index contributed by atoms with van der Waals surface area (Å²) in [5.41, 5.74) is 5.05. The molecular formula is C36H45I3O9S3. The molecule has 0 radical (unpaired) electrons. The van der Waals surface area contributed by atoms with Crippen molar-refractivity contribution in [3.05, 3.63) is 118 Å². The lowest BCUT2D eigenvalue weighted by Crippen LogP contribution is -2.10. The molecule has 0 spiro atoms. The first-order chi connectivity index (χ1) is 22.8. The minimum atomic E-state index is -4.92. The van der Waals surface area contributed by atoms with Crippen LogP contribution in [0.1, 0.15) is 79.0 Å². The van der Waals surface area contributed by atoms with Crippen molar-refractivity contribution in [2.24, 2.45) is 0 Å². The van der Waals surface area contributed by atoms with Gasteiger partial charge in [-0.25, -0.2) is 0 Å². The van der Waals surface area contributed by atoms with Crippen molar-refractivity contribution in [2.75, 3.05) is 0 Å². The Bertz CT molecular complexity index is 1810. The first-order valence-corrected chi connectivity index (χ1v) is 22.7. The summed E-state index contributed by atoms with van der Waals surface area (Å²) in [6.07, 6.45) is 0. The van der Waals surface area contributed by atoms with Gasteiger partial charge in [0.15, 0.2) is 0 Å². The lowest BCUT2D eigenvalue weighted by Gasteiger charge is -2.18. The highest BCUT2D eigenvalue weighted by atomic mass is 127. The molecule has 4 aromatic rings. The Hall–Kier alpha value is -1.20. The van der Waals surface area contributed by atoms with Crippen molar-refractivity contribution in [2.45, 2.75) is 93.2 Å². The van der Waals surface area contributed by atoms with Crippen molar-refractivity contribution in [1.82, 2.24) is 0 Å². The largest absolute Gasteiger partial charge is 0.294 e. The van der Waals surface area contributed by atoms with Crippen molar-refractivity contribution < 1.29 is 38.9 Å². The second kappa shape index (κ2) is 18.9. The molecular weight excluding hydrogens is 1050 g/mol. The molecule has 0 fully saturated rings. The number of hydrogen-bond donors (Lipinski definition) is 3. The van der Waals surface area contributed by atoms with E-state index in [9.17, 15) is 25.3 Å². The van der Waals surface area contributed by atoms with Gasteiger partial charge in [0.1, 0.15) is 0 Å². The molecule has 0 heterocycles. The van der Waals surface area contributed by atoms with Crippen molar-refractivity contribution in [3.63, 3.8) is 0 Å². The topological polar surface area (TPSA) is 163 Å². The fourth-order valence-corrected chi connectivity index (χ4v) is 6.80. The molecule has 0 aliphatic heterocycles. The van der Waals surface area contributed by atoms with E-state index in [1.165, 1.54) is 27.4 Å². The van der Waals surface area contributed by atoms with Gasteiger partial charge >= 0.3 is 0 Å². The molecule has 51 heavy (non-hydrogen) atoms. The summed E-state index contributed by atoms with van der Waals surface area (Å²) in [7, 11) is -14.8. The van der Waals surface area contributed by atoms with Gasteiger partial charge in [-0.05, 0) is 155 Å². The maximum Gasteiger partial charge on any atom is 0.294 e. The fourth-order valence-electron chi connectivity index (χ4n) is 3.84. The molecule has 0 aliphatic carbocycles. The first-order valence-electron chi connectivity index (χ1n) is 15.2. The standard InChI is InChI=1S/3C10H13I.C6H6O9S3/c3*1-10(2,3)8-4-6-9(11)7-5-8;7-16(8,9)4-1-5(17(10,11)12)3-6(2-4)18(13,14)15/h3*4-7H,1-3H3;1-3H,(H,7,8,9)(H,10,11,12)(H,13,14,15). The molecule has 0 amide bonds. The molecule has 0 saturated heterocycles. The van der Waals surface area contributed by atoms with Gasteiger partial charge in [0, 0.05) is 10.7 Å². The lowest BCUT2D eigenvalue weighted by atomic mass is 9.87. The molecule has 4 aromatic carbocycles. The van der Waals surface area contributed by atoms with Crippen LogP contribution in [0, 0.1) is 10.7 Å². The average molecular weight is 1100 g/mol. The zero-order valence-corrected chi connectivity index (χ0v) is 38.7. The van der Waals surface area contributed by atoms with E-state index in [4.69, 9.17) is 13.7 Å². The summed E-state index contributed by atoms with van der Waals surface area (Å²) < 4.78 is 94.7. The summed E-state index contributed by atoms with van der Waals surface area (Å²) in [5.74, 6) is 0. The summed E-state index contributed by atoms with van der Waals surface area (Å²) >= 11 is 6.97. The summed E-state index contributed by atoms with van der Waals surface area (Å²) in [6, 6.07) is 27.1. The molecule has 0 unspecified atom stereocenters. The van der Waals surface area contributed by atoms with Crippen LogP contribution in [0.3, 0.4) is 0 Å². The minimum Gasteiger partial charge on any atom is -0.282 e. The van der Waals surface area contributed by atoms with Crippen molar-refractivity contribution in [1.29, 1.82) is 0 Å². The van der Waals surface area contributed by atoms with E-state index < -0.39 is 45.0 Å². The van der Waals surface area contributed by atoms with Crippen LogP contribution in [0.25, 0.3) is 0 Å². The third-order valence-electron chi connectivity index (χ3n) is 6.88. The van der Waals surface area contributed by atoms with Crippen LogP contribution in [-0.2, 0) is 46.6 Å². The molecule has 0 saturated carbocycles. The smallest absolute Gasteiger partial charge is 0.282 e. The molecule has 4 rings (SSSR count). The van der Waals surface area contributed by atoms with E-state index in [1.807, 2.05) is 0 Å². The van der Waals surface area contributed by atoms with Gasteiger partial charge in [0.05, 0.1) is 14.7 Å². The molecule has 0 atom stereocenters. The first kappa shape index (κ1) is 47.8. The van der Waals surface area contributed by atoms with Crippen LogP contribution >= 0.6 is 67.8 Å². The van der Waals surface area contributed by atoms with Crippen LogP contribution in [0.5, 0.6) is 0 Å². The Morgan fingerprint density at radius 2 is 0.529 bits per heavy atom. The zero-order chi connectivity index (χ0) is 39.8. The van der Waals surface area contributed by atoms with Crippen LogP contribution in [0.2, 0.25) is 0 Å². The van der Waals surface area contributed by atoms with E-state index >= 15 is 0 Å². The van der Waals surface area contributed by atoms with Crippen LogP contribution in [0.15, 0.2) is 106 Å². The van der Waals surface area contributed by atoms with Gasteiger partial charge in [0.2, 0.25) is 0 Å². The van der Waals surface area contributed by atoms with Gasteiger partial charge in [-0.3, -0.25) is 13.7 Å². The Morgan fingerprint density at radius 3 is 0.647 bits per heavy atom. The number of benzene rings is 4. The predicted octanol–water partition coefficient (Wildman–Crippen LogP) is 10.2. The molecule has 9 nitrogen and oxygen atoms in total.